The van der Waals surface area contributed by atoms with Crippen molar-refractivity contribution in [3.63, 3.8) is 0 Å². The third kappa shape index (κ3) is 3.14. The first-order valence-corrected chi connectivity index (χ1v) is 6.41. The number of nitrogens with one attached hydrogen (secondary N) is 2. The van der Waals surface area contributed by atoms with Crippen molar-refractivity contribution in [2.75, 3.05) is 0 Å². The van der Waals surface area contributed by atoms with E-state index in [0.29, 0.717) is 0 Å². The van der Waals surface area contributed by atoms with E-state index in [2.05, 4.69) is 15.5 Å². The highest BCUT2D eigenvalue weighted by Gasteiger charge is 2.23. The fraction of sp³-hybridized carbons (Fsp3) is 0.357. The predicted octanol–water partition coefficient (Wildman–Crippen LogP) is 1.33. The van der Waals surface area contributed by atoms with Crippen molar-refractivity contribution in [1.82, 2.24) is 15.5 Å². The average Bonchev–Trinajstić information content (AvgIpc) is 2.82. The number of benzene rings is 1. The Kier molecular flexibility index (Phi) is 4.02. The molecule has 0 radical (unpaired) electrons. The summed E-state index contributed by atoms with van der Waals surface area (Å²) in [5, 5.41) is 19.3. The van der Waals surface area contributed by atoms with Crippen LogP contribution in [0.4, 0.5) is 0 Å². The fourth-order valence-corrected chi connectivity index (χ4v) is 2.02. The van der Waals surface area contributed by atoms with Gasteiger partial charge in [0, 0.05) is 5.39 Å². The molecule has 2 aromatic rings. The maximum absolute atomic E-state index is 11.9. The molecule has 0 saturated heterocycles. The number of amides is 1. The summed E-state index contributed by atoms with van der Waals surface area (Å²) < 4.78 is 0. The number of carbonyl (C=O) groups is 2. The standard InChI is InChI=1S/C14H17N3O3/c1-8(2)13(14(19)20)16-12(18)6-9-3-4-10-7-15-17-11(10)5-9/h3-5,7-8,13H,6H2,1-2H3,(H,15,17)(H,16,18)(H,19,20)/t13-/m1/s1. The summed E-state index contributed by atoms with van der Waals surface area (Å²) in [6.07, 6.45) is 1.85. The summed E-state index contributed by atoms with van der Waals surface area (Å²) in [4.78, 5) is 22.9. The van der Waals surface area contributed by atoms with Crippen LogP contribution < -0.4 is 5.32 Å². The fourth-order valence-electron chi connectivity index (χ4n) is 2.02. The molecule has 0 aliphatic rings. The lowest BCUT2D eigenvalue weighted by Gasteiger charge is -2.17. The van der Waals surface area contributed by atoms with Crippen LogP contribution in [0.5, 0.6) is 0 Å². The lowest BCUT2D eigenvalue weighted by Crippen LogP contribution is -2.44. The molecule has 2 rings (SSSR count). The number of nitrogens with zero attached hydrogens (tertiary/aromatic N) is 1. The van der Waals surface area contributed by atoms with Gasteiger partial charge in [-0.2, -0.15) is 5.10 Å². The highest BCUT2D eigenvalue weighted by molar-refractivity contribution is 5.86. The normalized spacial score (nSPS) is 12.6. The van der Waals surface area contributed by atoms with E-state index >= 15 is 0 Å². The first-order valence-electron chi connectivity index (χ1n) is 6.41. The maximum atomic E-state index is 11.9. The number of fused-ring (bicyclic) bond motifs is 1. The molecular formula is C14H17N3O3. The lowest BCUT2D eigenvalue weighted by molar-refractivity contribution is -0.143. The van der Waals surface area contributed by atoms with Gasteiger partial charge >= 0.3 is 5.97 Å². The lowest BCUT2D eigenvalue weighted by atomic mass is 10.0. The van der Waals surface area contributed by atoms with E-state index in [4.69, 9.17) is 5.11 Å². The quantitative estimate of drug-likeness (QED) is 0.767. The summed E-state index contributed by atoms with van der Waals surface area (Å²) in [5.41, 5.74) is 1.67. The molecule has 0 aliphatic heterocycles. The third-order valence-electron chi connectivity index (χ3n) is 3.12. The summed E-state index contributed by atoms with van der Waals surface area (Å²) in [7, 11) is 0. The van der Waals surface area contributed by atoms with Crippen molar-refractivity contribution < 1.29 is 14.7 Å². The zero-order valence-corrected chi connectivity index (χ0v) is 11.4. The number of H-pyrrole nitrogens is 1. The Hall–Kier alpha value is -2.37. The summed E-state index contributed by atoms with van der Waals surface area (Å²) in [6, 6.07) is 4.69. The molecule has 1 heterocycles. The zero-order chi connectivity index (χ0) is 14.7. The molecular weight excluding hydrogens is 258 g/mol. The molecule has 1 amide bonds. The second kappa shape index (κ2) is 5.73. The molecule has 0 saturated carbocycles. The van der Waals surface area contributed by atoms with E-state index in [1.54, 1.807) is 20.0 Å². The van der Waals surface area contributed by atoms with Crippen LogP contribution in [0.25, 0.3) is 10.9 Å². The Morgan fingerprint density at radius 1 is 1.40 bits per heavy atom. The van der Waals surface area contributed by atoms with Gasteiger partial charge in [0.2, 0.25) is 5.91 Å². The van der Waals surface area contributed by atoms with Gasteiger partial charge in [0.15, 0.2) is 0 Å². The van der Waals surface area contributed by atoms with Gasteiger partial charge in [0.25, 0.3) is 0 Å². The Bertz CT molecular complexity index is 633. The summed E-state index contributed by atoms with van der Waals surface area (Å²) in [6.45, 7) is 3.52. The van der Waals surface area contributed by atoms with E-state index < -0.39 is 12.0 Å². The number of carboxylic acids is 1. The first-order chi connectivity index (χ1) is 9.47. The Labute approximate surface area is 116 Å². The molecule has 0 aliphatic carbocycles. The van der Waals surface area contributed by atoms with Crippen molar-refractivity contribution in [2.45, 2.75) is 26.3 Å². The van der Waals surface area contributed by atoms with Crippen LogP contribution in [0, 0.1) is 5.92 Å². The van der Waals surface area contributed by atoms with Crippen molar-refractivity contribution >= 4 is 22.8 Å². The second-order valence-electron chi connectivity index (χ2n) is 5.10. The topological polar surface area (TPSA) is 95.1 Å². The summed E-state index contributed by atoms with van der Waals surface area (Å²) in [5.74, 6) is -1.48. The van der Waals surface area contributed by atoms with Crippen molar-refractivity contribution in [3.8, 4) is 0 Å². The van der Waals surface area contributed by atoms with Gasteiger partial charge in [-0.1, -0.05) is 26.0 Å². The number of hydrogen-bond acceptors (Lipinski definition) is 3. The van der Waals surface area contributed by atoms with E-state index in [9.17, 15) is 9.59 Å². The minimum absolute atomic E-state index is 0.144. The van der Waals surface area contributed by atoms with E-state index in [1.165, 1.54) is 0 Å². The molecule has 0 unspecified atom stereocenters. The minimum atomic E-state index is -1.02. The SMILES string of the molecule is CC(C)[C@@H](NC(=O)Cc1ccc2cn[nH]c2c1)C(=O)O. The summed E-state index contributed by atoms with van der Waals surface area (Å²) >= 11 is 0. The van der Waals surface area contributed by atoms with Gasteiger partial charge in [-0.3, -0.25) is 9.89 Å². The predicted molar refractivity (Wildman–Crippen MR) is 74.2 cm³/mol. The van der Waals surface area contributed by atoms with Gasteiger partial charge in [-0.05, 0) is 17.5 Å². The first kappa shape index (κ1) is 14.0. The van der Waals surface area contributed by atoms with Crippen molar-refractivity contribution in [2.24, 2.45) is 5.92 Å². The molecule has 106 valence electrons. The smallest absolute Gasteiger partial charge is 0.326 e. The number of aliphatic carboxylic acids is 1. The van der Waals surface area contributed by atoms with Gasteiger partial charge in [-0.25, -0.2) is 4.79 Å². The van der Waals surface area contributed by atoms with Crippen LogP contribution in [0.2, 0.25) is 0 Å². The van der Waals surface area contributed by atoms with Crippen LogP contribution in [0.15, 0.2) is 24.4 Å². The second-order valence-corrected chi connectivity index (χ2v) is 5.10. The molecule has 0 bridgehead atoms. The van der Waals surface area contributed by atoms with Crippen LogP contribution in [0.3, 0.4) is 0 Å². The number of carbonyl (C=O) groups excluding carboxylic acids is 1. The third-order valence-corrected chi connectivity index (χ3v) is 3.12. The Balaban J connectivity index is 2.05. The van der Waals surface area contributed by atoms with Crippen LogP contribution in [-0.4, -0.2) is 33.2 Å². The average molecular weight is 275 g/mol. The monoisotopic (exact) mass is 275 g/mol. The molecule has 3 N–H and O–H groups in total. The van der Waals surface area contributed by atoms with Crippen LogP contribution in [-0.2, 0) is 16.0 Å². The van der Waals surface area contributed by atoms with E-state index in [-0.39, 0.29) is 18.2 Å². The number of carboxylic acid groups (broad SMARTS) is 1. The minimum Gasteiger partial charge on any atom is -0.480 e. The molecule has 6 nitrogen and oxygen atoms in total. The molecule has 1 aromatic carbocycles. The Morgan fingerprint density at radius 3 is 2.80 bits per heavy atom. The maximum Gasteiger partial charge on any atom is 0.326 e. The highest BCUT2D eigenvalue weighted by Crippen LogP contribution is 2.13. The van der Waals surface area contributed by atoms with Gasteiger partial charge in [0.1, 0.15) is 6.04 Å². The van der Waals surface area contributed by atoms with Crippen LogP contribution in [0.1, 0.15) is 19.4 Å². The van der Waals surface area contributed by atoms with E-state index in [1.807, 2.05) is 18.2 Å². The highest BCUT2D eigenvalue weighted by atomic mass is 16.4. The van der Waals surface area contributed by atoms with Gasteiger partial charge in [-0.15, -0.1) is 0 Å². The number of rotatable bonds is 5. The van der Waals surface area contributed by atoms with Crippen LogP contribution >= 0.6 is 0 Å². The molecule has 20 heavy (non-hydrogen) atoms. The van der Waals surface area contributed by atoms with E-state index in [0.717, 1.165) is 16.5 Å². The molecule has 0 fully saturated rings. The van der Waals surface area contributed by atoms with Crippen molar-refractivity contribution in [1.29, 1.82) is 0 Å². The van der Waals surface area contributed by atoms with Gasteiger partial charge in [0.05, 0.1) is 18.1 Å². The zero-order valence-electron chi connectivity index (χ0n) is 11.4. The number of aromatic amines is 1. The number of hydrogen-bond donors (Lipinski definition) is 3. The Morgan fingerprint density at radius 2 is 2.15 bits per heavy atom. The molecule has 1 atom stereocenters. The number of aromatic nitrogens is 2. The van der Waals surface area contributed by atoms with Gasteiger partial charge < -0.3 is 10.4 Å². The largest absolute Gasteiger partial charge is 0.480 e. The molecule has 0 spiro atoms. The molecule has 1 aromatic heterocycles. The van der Waals surface area contributed by atoms with Crippen molar-refractivity contribution in [3.05, 3.63) is 30.0 Å². The molecule has 6 heteroatoms.